The summed E-state index contributed by atoms with van der Waals surface area (Å²) in [6.45, 7) is 11.3. The molecular weight excluding hydrogens is 354 g/mol. The first-order valence-corrected chi connectivity index (χ1v) is 10.7. The smallest absolute Gasteiger partial charge is 0.251 e. The molecule has 2 aliphatic heterocycles. The lowest BCUT2D eigenvalue weighted by molar-refractivity contribution is -0.145. The highest BCUT2D eigenvalue weighted by Gasteiger charge is 2.36. The van der Waals surface area contributed by atoms with E-state index in [2.05, 4.69) is 36.7 Å². The summed E-state index contributed by atoms with van der Waals surface area (Å²) < 4.78 is 5.84. The maximum Gasteiger partial charge on any atom is 0.251 e. The summed E-state index contributed by atoms with van der Waals surface area (Å²) in [5.74, 6) is 2.36. The van der Waals surface area contributed by atoms with Gasteiger partial charge in [0.25, 0.3) is 5.91 Å². The van der Waals surface area contributed by atoms with Crippen LogP contribution < -0.4 is 10.6 Å². The van der Waals surface area contributed by atoms with Gasteiger partial charge >= 0.3 is 0 Å². The van der Waals surface area contributed by atoms with Crippen molar-refractivity contribution in [2.45, 2.75) is 77.5 Å². The Morgan fingerprint density at radius 3 is 2.57 bits per heavy atom. The van der Waals surface area contributed by atoms with Crippen LogP contribution in [0.25, 0.3) is 0 Å². The second-order valence-electron chi connectivity index (χ2n) is 8.28. The number of likely N-dealkylation sites (N-methyl/N-ethyl adjacent to an activating group) is 1. The molecule has 0 unspecified atom stereocenters. The van der Waals surface area contributed by atoms with Crippen molar-refractivity contribution in [3.05, 3.63) is 17.6 Å². The molecule has 0 saturated carbocycles. The molecule has 0 aromatic carbocycles. The third-order valence-corrected chi connectivity index (χ3v) is 5.87. The van der Waals surface area contributed by atoms with E-state index >= 15 is 0 Å². The fraction of sp³-hybridized carbons (Fsp3) is 0.762. The van der Waals surface area contributed by atoms with Gasteiger partial charge in [-0.1, -0.05) is 13.8 Å². The zero-order valence-electron chi connectivity index (χ0n) is 17.7. The third-order valence-electron chi connectivity index (χ3n) is 5.87. The minimum absolute atomic E-state index is 0.0330. The molecule has 2 atom stereocenters. The molecule has 2 aliphatic rings. The summed E-state index contributed by atoms with van der Waals surface area (Å²) in [7, 11) is 0. The van der Waals surface area contributed by atoms with Gasteiger partial charge in [0.15, 0.2) is 0 Å². The lowest BCUT2D eigenvalue weighted by Gasteiger charge is -2.39. The van der Waals surface area contributed by atoms with Gasteiger partial charge in [-0.05, 0) is 39.5 Å². The molecule has 1 aromatic heterocycles. The van der Waals surface area contributed by atoms with Gasteiger partial charge in [0.1, 0.15) is 17.7 Å². The first-order chi connectivity index (χ1) is 13.4. The Hall–Kier alpha value is -1.73. The van der Waals surface area contributed by atoms with Crippen LogP contribution in [0.4, 0.5) is 5.82 Å². The molecule has 0 bridgehead atoms. The zero-order valence-corrected chi connectivity index (χ0v) is 17.7. The van der Waals surface area contributed by atoms with Crippen LogP contribution in [0.3, 0.4) is 0 Å². The molecule has 1 aromatic rings. The van der Waals surface area contributed by atoms with Crippen molar-refractivity contribution < 1.29 is 9.53 Å². The van der Waals surface area contributed by atoms with Crippen LogP contribution in [0, 0.1) is 6.92 Å². The highest BCUT2D eigenvalue weighted by Crippen LogP contribution is 2.26. The van der Waals surface area contributed by atoms with E-state index in [1.807, 2.05) is 11.8 Å². The second kappa shape index (κ2) is 9.18. The number of hydrogen-bond donors (Lipinski definition) is 1. The Bertz CT molecular complexity index is 673. The number of carbonyl (C=O) groups is 1. The van der Waals surface area contributed by atoms with Crippen LogP contribution in [0.2, 0.25) is 0 Å². The Morgan fingerprint density at radius 2 is 2.00 bits per heavy atom. The minimum atomic E-state index is -0.315. The van der Waals surface area contributed by atoms with Gasteiger partial charge in [-0.3, -0.25) is 4.79 Å². The van der Waals surface area contributed by atoms with Crippen LogP contribution in [0.1, 0.15) is 63.9 Å². The molecule has 7 heteroatoms. The summed E-state index contributed by atoms with van der Waals surface area (Å²) in [4.78, 5) is 26.6. The summed E-state index contributed by atoms with van der Waals surface area (Å²) >= 11 is 0. The summed E-state index contributed by atoms with van der Waals surface area (Å²) in [5, 5.41) is 0. The predicted molar refractivity (Wildman–Crippen MR) is 110 cm³/mol. The third kappa shape index (κ3) is 4.63. The molecule has 1 amide bonds. The Morgan fingerprint density at radius 1 is 1.29 bits per heavy atom. The van der Waals surface area contributed by atoms with Crippen LogP contribution in [0.15, 0.2) is 6.07 Å². The van der Waals surface area contributed by atoms with Crippen molar-refractivity contribution in [2.75, 3.05) is 31.1 Å². The first-order valence-electron chi connectivity index (χ1n) is 10.7. The number of nitrogens with zero attached hydrogens (tertiary/aromatic N) is 4. The molecule has 156 valence electrons. The van der Waals surface area contributed by atoms with Crippen molar-refractivity contribution in [3.8, 4) is 0 Å². The summed E-state index contributed by atoms with van der Waals surface area (Å²) in [5.41, 5.74) is 6.70. The maximum absolute atomic E-state index is 13.0. The Labute approximate surface area is 168 Å². The molecule has 0 aliphatic carbocycles. The van der Waals surface area contributed by atoms with Crippen LogP contribution in [0.5, 0.6) is 0 Å². The zero-order chi connectivity index (χ0) is 20.3. The Balaban J connectivity index is 1.62. The normalized spacial score (nSPS) is 23.4. The van der Waals surface area contributed by atoms with E-state index in [4.69, 9.17) is 15.5 Å². The topological polar surface area (TPSA) is 84.6 Å². The van der Waals surface area contributed by atoms with E-state index in [1.165, 1.54) is 0 Å². The SMILES string of the molecule is CCN(C(=O)[C@@H]1CC[C@H](CN)O1)C1CCN(c2cc(C)nc(C(C)C)n2)CC1. The fourth-order valence-electron chi connectivity index (χ4n) is 4.24. The molecule has 0 radical (unpaired) electrons. The van der Waals surface area contributed by atoms with E-state index in [0.717, 1.165) is 62.7 Å². The van der Waals surface area contributed by atoms with Crippen molar-refractivity contribution in [1.82, 2.24) is 14.9 Å². The molecule has 2 saturated heterocycles. The van der Waals surface area contributed by atoms with E-state index < -0.39 is 0 Å². The molecule has 2 fully saturated rings. The number of nitrogens with two attached hydrogens (primary N) is 1. The molecule has 3 heterocycles. The quantitative estimate of drug-likeness (QED) is 0.803. The number of anilines is 1. The number of aryl methyl sites for hydroxylation is 1. The van der Waals surface area contributed by atoms with Gasteiger partial charge in [0, 0.05) is 49.9 Å². The largest absolute Gasteiger partial charge is 0.364 e. The predicted octanol–water partition coefficient (Wildman–Crippen LogP) is 2.23. The lowest BCUT2D eigenvalue weighted by atomic mass is 10.0. The van der Waals surface area contributed by atoms with Crippen molar-refractivity contribution in [3.63, 3.8) is 0 Å². The highest BCUT2D eigenvalue weighted by atomic mass is 16.5. The number of piperidine rings is 1. The van der Waals surface area contributed by atoms with Crippen LogP contribution >= 0.6 is 0 Å². The average Bonchev–Trinajstić information content (AvgIpc) is 3.18. The number of ether oxygens (including phenoxy) is 1. The van der Waals surface area contributed by atoms with E-state index in [1.54, 1.807) is 0 Å². The van der Waals surface area contributed by atoms with Crippen molar-refractivity contribution >= 4 is 11.7 Å². The van der Waals surface area contributed by atoms with E-state index in [9.17, 15) is 4.79 Å². The Kier molecular flexibility index (Phi) is 6.88. The summed E-state index contributed by atoms with van der Waals surface area (Å²) in [6, 6.07) is 2.33. The summed E-state index contributed by atoms with van der Waals surface area (Å²) in [6.07, 6.45) is 3.29. The molecular formula is C21H35N5O2. The maximum atomic E-state index is 13.0. The van der Waals surface area contributed by atoms with Crippen molar-refractivity contribution in [2.24, 2.45) is 5.73 Å². The number of aromatic nitrogens is 2. The van der Waals surface area contributed by atoms with Crippen LogP contribution in [-0.2, 0) is 9.53 Å². The second-order valence-corrected chi connectivity index (χ2v) is 8.28. The van der Waals surface area contributed by atoms with Crippen LogP contribution in [-0.4, -0.2) is 65.2 Å². The standard InChI is InChI=1S/C21H35N5O2/c1-5-26(21(27)18-7-6-17(13-22)28-18)16-8-10-25(11-9-16)19-12-15(4)23-20(24-19)14(2)3/h12,14,16-18H,5-11,13,22H2,1-4H3/t17-,18+/m1/s1. The minimum Gasteiger partial charge on any atom is -0.364 e. The van der Waals surface area contributed by atoms with E-state index in [-0.39, 0.29) is 24.2 Å². The van der Waals surface area contributed by atoms with Gasteiger partial charge in [-0.15, -0.1) is 0 Å². The number of amides is 1. The van der Waals surface area contributed by atoms with Gasteiger partial charge in [-0.2, -0.15) is 0 Å². The van der Waals surface area contributed by atoms with E-state index in [0.29, 0.717) is 12.5 Å². The monoisotopic (exact) mass is 389 g/mol. The highest BCUT2D eigenvalue weighted by molar-refractivity contribution is 5.81. The molecule has 3 rings (SSSR count). The molecule has 28 heavy (non-hydrogen) atoms. The lowest BCUT2D eigenvalue weighted by Crippen LogP contribution is -2.50. The van der Waals surface area contributed by atoms with Gasteiger partial charge in [0.2, 0.25) is 0 Å². The average molecular weight is 390 g/mol. The molecule has 2 N–H and O–H groups in total. The number of rotatable bonds is 6. The number of hydrogen-bond acceptors (Lipinski definition) is 6. The molecule has 7 nitrogen and oxygen atoms in total. The van der Waals surface area contributed by atoms with Crippen molar-refractivity contribution in [1.29, 1.82) is 0 Å². The fourth-order valence-corrected chi connectivity index (χ4v) is 4.24. The first kappa shape index (κ1) is 21.0. The van der Waals surface area contributed by atoms with Gasteiger partial charge < -0.3 is 20.3 Å². The van der Waals surface area contributed by atoms with Gasteiger partial charge in [0.05, 0.1) is 6.10 Å². The number of carbonyl (C=O) groups excluding carboxylic acids is 1. The molecule has 0 spiro atoms. The van der Waals surface area contributed by atoms with Gasteiger partial charge in [-0.25, -0.2) is 9.97 Å².